The lowest BCUT2D eigenvalue weighted by atomic mass is 9.91. The van der Waals surface area contributed by atoms with Crippen molar-refractivity contribution in [2.75, 3.05) is 13.2 Å². The van der Waals surface area contributed by atoms with E-state index in [-0.39, 0.29) is 30.1 Å². The van der Waals surface area contributed by atoms with Crippen LogP contribution in [0, 0.1) is 34.5 Å². The van der Waals surface area contributed by atoms with Gasteiger partial charge in [-0.25, -0.2) is 0 Å². The van der Waals surface area contributed by atoms with Gasteiger partial charge >= 0.3 is 0 Å². The van der Waals surface area contributed by atoms with E-state index in [0.29, 0.717) is 24.1 Å². The average molecular weight is 395 g/mol. The second-order valence-corrected chi connectivity index (χ2v) is 8.34. The highest BCUT2D eigenvalue weighted by Gasteiger charge is 2.50. The summed E-state index contributed by atoms with van der Waals surface area (Å²) in [4.78, 5) is 17.5. The molecule has 0 spiro atoms. The second kappa shape index (κ2) is 7.20. The van der Waals surface area contributed by atoms with Gasteiger partial charge in [0.15, 0.2) is 5.78 Å². The van der Waals surface area contributed by atoms with E-state index < -0.39 is 0 Å². The molecule has 3 atom stereocenters. The fourth-order valence-corrected chi connectivity index (χ4v) is 5.38. The topological polar surface area (TPSA) is 97.2 Å². The first-order chi connectivity index (χ1) is 14.7. The highest BCUT2D eigenvalue weighted by molar-refractivity contribution is 6.05. The minimum atomic E-state index is -0.0963. The number of nitriles is 2. The Hall–Kier alpha value is -3.28. The molecule has 2 aromatic carbocycles. The Morgan fingerprint density at radius 2 is 1.90 bits per heavy atom. The van der Waals surface area contributed by atoms with Crippen LogP contribution in [-0.2, 0) is 12.8 Å². The number of carbonyl (C=O) groups excluding carboxylic acids is 1. The van der Waals surface area contributed by atoms with Crippen molar-refractivity contribution < 1.29 is 9.90 Å². The van der Waals surface area contributed by atoms with E-state index in [2.05, 4.69) is 23.2 Å². The van der Waals surface area contributed by atoms with Gasteiger partial charge in [-0.2, -0.15) is 10.5 Å². The van der Waals surface area contributed by atoms with Crippen LogP contribution in [0.25, 0.3) is 0 Å². The summed E-state index contributed by atoms with van der Waals surface area (Å²) in [5.74, 6) is 0.497. The van der Waals surface area contributed by atoms with E-state index in [9.17, 15) is 15.3 Å². The van der Waals surface area contributed by atoms with Crippen LogP contribution in [0.15, 0.2) is 35.3 Å². The Morgan fingerprint density at radius 3 is 2.67 bits per heavy atom. The molecule has 0 aliphatic heterocycles. The van der Waals surface area contributed by atoms with Crippen LogP contribution in [0.1, 0.15) is 62.5 Å². The number of rotatable bonds is 4. The summed E-state index contributed by atoms with van der Waals surface area (Å²) >= 11 is 0. The second-order valence-electron chi connectivity index (χ2n) is 8.34. The molecule has 5 heteroatoms. The quantitative estimate of drug-likeness (QED) is 0.859. The number of aliphatic hydroxyl groups is 1. The number of ketones is 1. The molecule has 0 bridgehead atoms. The van der Waals surface area contributed by atoms with Gasteiger partial charge in [0.25, 0.3) is 0 Å². The first kappa shape index (κ1) is 18.7. The van der Waals surface area contributed by atoms with Crippen molar-refractivity contribution in [3.63, 3.8) is 0 Å². The molecule has 3 aliphatic rings. The fourth-order valence-electron chi connectivity index (χ4n) is 5.38. The lowest BCUT2D eigenvalue weighted by Crippen LogP contribution is -2.12. The van der Waals surface area contributed by atoms with Gasteiger partial charge in [-0.3, -0.25) is 9.79 Å². The van der Waals surface area contributed by atoms with Crippen molar-refractivity contribution in [3.8, 4) is 12.1 Å². The summed E-state index contributed by atoms with van der Waals surface area (Å²) in [7, 11) is 0. The zero-order valence-electron chi connectivity index (χ0n) is 16.6. The van der Waals surface area contributed by atoms with Gasteiger partial charge in [0.1, 0.15) is 0 Å². The number of Topliss-reactive ketones (excluding diaryl/α,β-unsaturated/α-hetero) is 1. The van der Waals surface area contributed by atoms with Gasteiger partial charge in [-0.15, -0.1) is 0 Å². The molecule has 0 heterocycles. The third-order valence-electron chi connectivity index (χ3n) is 6.86. The number of hydrogen-bond donors (Lipinski definition) is 1. The van der Waals surface area contributed by atoms with E-state index in [0.717, 1.165) is 52.8 Å². The fraction of sp³-hybridized carbons (Fsp3) is 0.360. The molecule has 1 fully saturated rings. The number of nitrogens with zero attached hydrogens (tertiary/aromatic N) is 3. The molecule has 0 saturated heterocycles. The largest absolute Gasteiger partial charge is 0.394 e. The lowest BCUT2D eigenvalue weighted by Gasteiger charge is -2.11. The van der Waals surface area contributed by atoms with E-state index in [1.54, 1.807) is 12.1 Å². The van der Waals surface area contributed by atoms with Gasteiger partial charge in [0.2, 0.25) is 0 Å². The molecule has 0 radical (unpaired) electrons. The Labute approximate surface area is 175 Å². The molecule has 2 aromatic rings. The van der Waals surface area contributed by atoms with Gasteiger partial charge in [-0.1, -0.05) is 24.3 Å². The molecular formula is C25H21N3O2. The first-order valence-electron chi connectivity index (χ1n) is 10.4. The molecule has 2 unspecified atom stereocenters. The predicted octanol–water partition coefficient (Wildman–Crippen LogP) is 3.32. The summed E-state index contributed by atoms with van der Waals surface area (Å²) in [6, 6.07) is 14.1. The van der Waals surface area contributed by atoms with Gasteiger partial charge in [0, 0.05) is 22.8 Å². The lowest BCUT2D eigenvalue weighted by molar-refractivity contribution is 0.0921. The number of aliphatic imine (C=N–C) groups is 1. The van der Waals surface area contributed by atoms with Crippen molar-refractivity contribution in [2.24, 2.45) is 16.8 Å². The molecule has 148 valence electrons. The van der Waals surface area contributed by atoms with Gasteiger partial charge < -0.3 is 5.11 Å². The Morgan fingerprint density at radius 1 is 1.03 bits per heavy atom. The van der Waals surface area contributed by atoms with Crippen LogP contribution in [0.3, 0.4) is 0 Å². The number of carbonyl (C=O) groups is 1. The van der Waals surface area contributed by atoms with Crippen LogP contribution in [0.2, 0.25) is 0 Å². The highest BCUT2D eigenvalue weighted by atomic mass is 16.3. The van der Waals surface area contributed by atoms with Gasteiger partial charge in [0.05, 0.1) is 36.4 Å². The molecule has 5 rings (SSSR count). The van der Waals surface area contributed by atoms with Crippen LogP contribution in [-0.4, -0.2) is 29.8 Å². The van der Waals surface area contributed by atoms with Crippen molar-refractivity contribution in [1.29, 1.82) is 10.5 Å². The maximum absolute atomic E-state index is 13.0. The van der Waals surface area contributed by atoms with E-state index >= 15 is 0 Å². The molecule has 3 aliphatic carbocycles. The Bertz CT molecular complexity index is 1180. The molecule has 30 heavy (non-hydrogen) atoms. The molecule has 1 saturated carbocycles. The zero-order valence-corrected chi connectivity index (χ0v) is 16.6. The molecule has 0 aromatic heterocycles. The summed E-state index contributed by atoms with van der Waals surface area (Å²) in [6.45, 7) is 0.412. The molecular weight excluding hydrogens is 374 g/mol. The summed E-state index contributed by atoms with van der Waals surface area (Å²) in [5, 5.41) is 28.3. The number of fused-ring (bicyclic) bond motifs is 2. The Balaban J connectivity index is 1.43. The van der Waals surface area contributed by atoms with Crippen molar-refractivity contribution in [3.05, 3.63) is 69.3 Å². The maximum Gasteiger partial charge on any atom is 0.166 e. The van der Waals surface area contributed by atoms with Crippen LogP contribution in [0.4, 0.5) is 0 Å². The third-order valence-corrected chi connectivity index (χ3v) is 6.86. The van der Waals surface area contributed by atoms with Crippen molar-refractivity contribution >= 4 is 11.5 Å². The SMILES string of the molecule is N#Cc1cccc2c1CC(C1C[C@@H]1c1ccc3c(c1C#N)CCC3=NCCO)C2=O. The van der Waals surface area contributed by atoms with E-state index in [4.69, 9.17) is 5.11 Å². The monoisotopic (exact) mass is 395 g/mol. The predicted molar refractivity (Wildman–Crippen MR) is 111 cm³/mol. The molecule has 5 nitrogen and oxygen atoms in total. The van der Waals surface area contributed by atoms with Crippen molar-refractivity contribution in [1.82, 2.24) is 0 Å². The average Bonchev–Trinajstić information content (AvgIpc) is 3.34. The number of aliphatic hydroxyl groups excluding tert-OH is 1. The minimum Gasteiger partial charge on any atom is -0.394 e. The zero-order chi connectivity index (χ0) is 20.8. The van der Waals surface area contributed by atoms with Crippen LogP contribution < -0.4 is 0 Å². The smallest absolute Gasteiger partial charge is 0.166 e. The van der Waals surface area contributed by atoms with Crippen molar-refractivity contribution in [2.45, 2.75) is 31.6 Å². The molecule has 0 amide bonds. The highest BCUT2D eigenvalue weighted by Crippen LogP contribution is 2.56. The summed E-state index contributed by atoms with van der Waals surface area (Å²) < 4.78 is 0. The normalized spacial score (nSPS) is 25.0. The maximum atomic E-state index is 13.0. The van der Waals surface area contributed by atoms with Crippen LogP contribution in [0.5, 0.6) is 0 Å². The van der Waals surface area contributed by atoms with Crippen LogP contribution >= 0.6 is 0 Å². The summed E-state index contributed by atoms with van der Waals surface area (Å²) in [6.07, 6.45) is 3.14. The third kappa shape index (κ3) is 2.78. The van der Waals surface area contributed by atoms with E-state index in [1.165, 1.54) is 0 Å². The Kier molecular flexibility index (Phi) is 4.50. The van der Waals surface area contributed by atoms with Gasteiger partial charge in [-0.05, 0) is 60.3 Å². The minimum absolute atomic E-state index is 0.0249. The first-order valence-corrected chi connectivity index (χ1v) is 10.4. The standard InChI is InChI=1S/C25H21N3O2/c26-12-14-2-1-3-18-19(14)10-22(25(18)30)21-11-20(21)16-4-5-17-15(23(16)13-27)6-7-24(17)28-8-9-29/h1-5,20-22,29H,6-11H2/t20-,21?,22?/m1/s1. The number of benzene rings is 2. The van der Waals surface area contributed by atoms with E-state index in [1.807, 2.05) is 12.1 Å². The summed E-state index contributed by atoms with van der Waals surface area (Å²) in [5.41, 5.74) is 7.05. The number of hydrogen-bond acceptors (Lipinski definition) is 5. The molecule has 1 N–H and O–H groups in total.